The van der Waals surface area contributed by atoms with Crippen LogP contribution in [0.2, 0.25) is 5.02 Å². The van der Waals surface area contributed by atoms with E-state index in [0.717, 1.165) is 16.6 Å². The smallest absolute Gasteiger partial charge is 0.271 e. The average Bonchev–Trinajstić information content (AvgIpc) is 2.74. The molecular formula is C20H24ClN3O7S. The van der Waals surface area contributed by atoms with Crippen LogP contribution in [-0.2, 0) is 14.8 Å². The number of non-ortho nitro benzene ring substituents is 1. The Labute approximate surface area is 191 Å². The fourth-order valence-corrected chi connectivity index (χ4v) is 3.90. The molecule has 2 rings (SSSR count). The highest BCUT2D eigenvalue weighted by molar-refractivity contribution is 7.92. The maximum Gasteiger partial charge on any atom is 0.271 e. The van der Waals surface area contributed by atoms with Gasteiger partial charge in [-0.3, -0.25) is 19.2 Å². The van der Waals surface area contributed by atoms with Gasteiger partial charge in [-0.05, 0) is 36.8 Å². The maximum absolute atomic E-state index is 12.3. The SMILES string of the molecule is COc1ccc([N+](=O)[O-])cc1N(CCCC(=O)NCCOc1ccc(Cl)cc1)S(C)(=O)=O. The predicted molar refractivity (Wildman–Crippen MR) is 121 cm³/mol. The highest BCUT2D eigenvalue weighted by Gasteiger charge is 2.23. The maximum atomic E-state index is 12.3. The van der Waals surface area contributed by atoms with Crippen molar-refractivity contribution >= 4 is 38.9 Å². The summed E-state index contributed by atoms with van der Waals surface area (Å²) in [6.45, 7) is 0.481. The van der Waals surface area contributed by atoms with Crippen molar-refractivity contribution in [1.82, 2.24) is 5.32 Å². The molecule has 0 spiro atoms. The molecule has 0 aromatic heterocycles. The van der Waals surface area contributed by atoms with Gasteiger partial charge in [-0.15, -0.1) is 0 Å². The molecule has 1 amide bonds. The Kier molecular flexibility index (Phi) is 9.09. The Morgan fingerprint density at radius 1 is 1.22 bits per heavy atom. The third-order valence-corrected chi connectivity index (χ3v) is 5.75. The first-order chi connectivity index (χ1) is 15.1. The lowest BCUT2D eigenvalue weighted by atomic mass is 10.2. The van der Waals surface area contributed by atoms with Crippen LogP contribution in [-0.4, -0.2) is 52.3 Å². The van der Waals surface area contributed by atoms with Crippen LogP contribution in [0.4, 0.5) is 11.4 Å². The molecule has 0 saturated heterocycles. The van der Waals surface area contributed by atoms with Gasteiger partial charge < -0.3 is 14.8 Å². The Morgan fingerprint density at radius 2 is 1.91 bits per heavy atom. The monoisotopic (exact) mass is 485 g/mol. The van der Waals surface area contributed by atoms with E-state index in [2.05, 4.69) is 5.32 Å². The number of carbonyl (C=O) groups is 1. The number of hydrogen-bond donors (Lipinski definition) is 1. The van der Waals surface area contributed by atoms with E-state index < -0.39 is 14.9 Å². The molecule has 0 radical (unpaired) electrons. The normalized spacial score (nSPS) is 11.0. The number of ether oxygens (including phenoxy) is 2. The molecule has 32 heavy (non-hydrogen) atoms. The lowest BCUT2D eigenvalue weighted by Gasteiger charge is -2.24. The lowest BCUT2D eigenvalue weighted by Crippen LogP contribution is -2.33. The van der Waals surface area contributed by atoms with Crippen molar-refractivity contribution in [3.63, 3.8) is 0 Å². The number of halogens is 1. The molecule has 10 nitrogen and oxygen atoms in total. The van der Waals surface area contributed by atoms with E-state index in [1.807, 2.05) is 0 Å². The fraction of sp³-hybridized carbons (Fsp3) is 0.350. The van der Waals surface area contributed by atoms with Gasteiger partial charge in [0, 0.05) is 30.1 Å². The van der Waals surface area contributed by atoms with Crippen LogP contribution in [0.1, 0.15) is 12.8 Å². The summed E-state index contributed by atoms with van der Waals surface area (Å²) in [6.07, 6.45) is 1.24. The van der Waals surface area contributed by atoms with E-state index in [4.69, 9.17) is 21.1 Å². The van der Waals surface area contributed by atoms with E-state index in [1.54, 1.807) is 24.3 Å². The second-order valence-electron chi connectivity index (χ2n) is 6.70. The highest BCUT2D eigenvalue weighted by atomic mass is 35.5. The molecule has 174 valence electrons. The van der Waals surface area contributed by atoms with Crippen molar-refractivity contribution in [2.45, 2.75) is 12.8 Å². The molecule has 2 aromatic carbocycles. The van der Waals surface area contributed by atoms with Gasteiger partial charge in [0.2, 0.25) is 15.9 Å². The second-order valence-corrected chi connectivity index (χ2v) is 9.05. The Morgan fingerprint density at radius 3 is 2.50 bits per heavy atom. The molecule has 0 fully saturated rings. The van der Waals surface area contributed by atoms with Gasteiger partial charge in [0.25, 0.3) is 5.69 Å². The number of nitro groups is 1. The molecular weight excluding hydrogens is 462 g/mol. The van der Waals surface area contributed by atoms with E-state index >= 15 is 0 Å². The number of carbonyl (C=O) groups excluding carboxylic acids is 1. The number of methoxy groups -OCH3 is 1. The van der Waals surface area contributed by atoms with Crippen LogP contribution in [0.3, 0.4) is 0 Å². The second kappa shape index (κ2) is 11.5. The minimum Gasteiger partial charge on any atom is -0.495 e. The number of nitro benzene ring substituents is 1. The zero-order chi connectivity index (χ0) is 23.7. The molecule has 0 aliphatic heterocycles. The van der Waals surface area contributed by atoms with Crippen LogP contribution in [0.5, 0.6) is 11.5 Å². The molecule has 0 heterocycles. The number of anilines is 1. The number of nitrogens with one attached hydrogen (secondary N) is 1. The summed E-state index contributed by atoms with van der Waals surface area (Å²) >= 11 is 5.80. The summed E-state index contributed by atoms with van der Waals surface area (Å²) < 4.78 is 36.2. The highest BCUT2D eigenvalue weighted by Crippen LogP contribution is 2.33. The van der Waals surface area contributed by atoms with Crippen LogP contribution in [0.15, 0.2) is 42.5 Å². The van der Waals surface area contributed by atoms with Crippen molar-refractivity contribution < 1.29 is 27.6 Å². The first-order valence-electron chi connectivity index (χ1n) is 9.57. The average molecular weight is 486 g/mol. The number of sulfonamides is 1. The molecule has 2 aromatic rings. The Balaban J connectivity index is 1.90. The van der Waals surface area contributed by atoms with Gasteiger partial charge in [0.1, 0.15) is 23.8 Å². The molecule has 0 atom stereocenters. The van der Waals surface area contributed by atoms with E-state index in [0.29, 0.717) is 10.8 Å². The predicted octanol–water partition coefficient (Wildman–Crippen LogP) is 3.00. The molecule has 0 aliphatic carbocycles. The summed E-state index contributed by atoms with van der Waals surface area (Å²) in [7, 11) is -2.44. The first-order valence-corrected chi connectivity index (χ1v) is 11.8. The van der Waals surface area contributed by atoms with Crippen molar-refractivity contribution in [3.05, 3.63) is 57.6 Å². The largest absolute Gasteiger partial charge is 0.495 e. The number of benzene rings is 2. The minimum absolute atomic E-state index is 0.0426. The van der Waals surface area contributed by atoms with Crippen LogP contribution < -0.4 is 19.1 Å². The van der Waals surface area contributed by atoms with Crippen LogP contribution in [0.25, 0.3) is 0 Å². The lowest BCUT2D eigenvalue weighted by molar-refractivity contribution is -0.384. The number of rotatable bonds is 12. The molecule has 0 unspecified atom stereocenters. The van der Waals surface area contributed by atoms with E-state index in [9.17, 15) is 23.3 Å². The zero-order valence-electron chi connectivity index (χ0n) is 17.6. The van der Waals surface area contributed by atoms with Gasteiger partial charge in [0.15, 0.2) is 0 Å². The summed E-state index contributed by atoms with van der Waals surface area (Å²) in [5, 5.41) is 14.4. The molecule has 0 bridgehead atoms. The molecule has 0 saturated carbocycles. The van der Waals surface area contributed by atoms with Gasteiger partial charge in [-0.25, -0.2) is 8.42 Å². The molecule has 1 N–H and O–H groups in total. The first kappa shape index (κ1) is 25.2. The van der Waals surface area contributed by atoms with Gasteiger partial charge in [-0.2, -0.15) is 0 Å². The summed E-state index contributed by atoms with van der Waals surface area (Å²) in [5.41, 5.74) is -0.228. The molecule has 0 aliphatic rings. The van der Waals surface area contributed by atoms with Gasteiger partial charge in [0.05, 0.1) is 24.8 Å². The zero-order valence-corrected chi connectivity index (χ0v) is 19.2. The number of hydrogen-bond acceptors (Lipinski definition) is 7. The third kappa shape index (κ3) is 7.57. The number of amides is 1. The van der Waals surface area contributed by atoms with Gasteiger partial charge in [-0.1, -0.05) is 11.6 Å². The fourth-order valence-electron chi connectivity index (χ4n) is 2.81. The van der Waals surface area contributed by atoms with E-state index in [-0.39, 0.29) is 55.6 Å². The van der Waals surface area contributed by atoms with E-state index in [1.165, 1.54) is 19.2 Å². The van der Waals surface area contributed by atoms with Crippen LogP contribution >= 0.6 is 11.6 Å². The summed E-state index contributed by atoms with van der Waals surface area (Å²) in [5.74, 6) is 0.521. The summed E-state index contributed by atoms with van der Waals surface area (Å²) in [6, 6.07) is 10.5. The van der Waals surface area contributed by atoms with Crippen molar-refractivity contribution in [1.29, 1.82) is 0 Å². The van der Waals surface area contributed by atoms with Crippen LogP contribution in [0, 0.1) is 10.1 Å². The van der Waals surface area contributed by atoms with Crippen molar-refractivity contribution in [2.24, 2.45) is 0 Å². The minimum atomic E-state index is -3.78. The quantitative estimate of drug-likeness (QED) is 0.278. The van der Waals surface area contributed by atoms with Crippen molar-refractivity contribution in [2.75, 3.05) is 37.4 Å². The van der Waals surface area contributed by atoms with Crippen molar-refractivity contribution in [3.8, 4) is 11.5 Å². The number of nitrogens with zero attached hydrogens (tertiary/aromatic N) is 2. The van der Waals surface area contributed by atoms with Gasteiger partial charge >= 0.3 is 0 Å². The topological polar surface area (TPSA) is 128 Å². The molecule has 12 heteroatoms. The standard InChI is InChI=1S/C20H24ClN3O7S/c1-30-19-10-7-16(24(26)27)14-18(19)23(32(2,28)29)12-3-4-20(25)22-11-13-31-17-8-5-15(21)6-9-17/h5-10,14H,3-4,11-13H2,1-2H3,(H,22,25). The third-order valence-electron chi connectivity index (χ3n) is 4.31. The Bertz CT molecular complexity index is 1050. The summed E-state index contributed by atoms with van der Waals surface area (Å²) in [4.78, 5) is 22.5. The Hall–Kier alpha value is -3.05.